The van der Waals surface area contributed by atoms with E-state index in [4.69, 9.17) is 16.3 Å². The van der Waals surface area contributed by atoms with Crippen molar-refractivity contribution in [1.29, 1.82) is 0 Å². The van der Waals surface area contributed by atoms with Crippen LogP contribution in [0.15, 0.2) is 24.3 Å². The van der Waals surface area contributed by atoms with Gasteiger partial charge in [0.15, 0.2) is 5.78 Å². The third kappa shape index (κ3) is 4.64. The van der Waals surface area contributed by atoms with Crippen molar-refractivity contribution < 1.29 is 14.3 Å². The summed E-state index contributed by atoms with van der Waals surface area (Å²) in [4.78, 5) is 23.6. The molecule has 0 spiro atoms. The Kier molecular flexibility index (Phi) is 5.60. The van der Waals surface area contributed by atoms with Crippen LogP contribution in [-0.4, -0.2) is 17.9 Å². The molecule has 0 amide bonds. The number of halogens is 1. The molecule has 108 valence electrons. The van der Waals surface area contributed by atoms with E-state index in [1.54, 1.807) is 24.3 Å². The molecule has 0 aliphatic heterocycles. The van der Waals surface area contributed by atoms with E-state index >= 15 is 0 Å². The molecule has 1 aliphatic rings. The molecule has 1 saturated carbocycles. The van der Waals surface area contributed by atoms with Crippen LogP contribution >= 0.6 is 11.6 Å². The highest BCUT2D eigenvalue weighted by Gasteiger charge is 2.18. The maximum Gasteiger partial charge on any atom is 0.306 e. The zero-order valence-electron chi connectivity index (χ0n) is 11.4. The van der Waals surface area contributed by atoms with Gasteiger partial charge >= 0.3 is 5.97 Å². The minimum absolute atomic E-state index is 0.0535. The number of carbonyl (C=O) groups is 2. The Bertz CT molecular complexity index is 461. The fourth-order valence-electron chi connectivity index (χ4n) is 2.42. The molecule has 0 atom stereocenters. The minimum Gasteiger partial charge on any atom is -0.462 e. The molecule has 0 radical (unpaired) electrons. The summed E-state index contributed by atoms with van der Waals surface area (Å²) in [5.74, 6) is -0.318. The van der Waals surface area contributed by atoms with Crippen molar-refractivity contribution in [1.82, 2.24) is 0 Å². The zero-order chi connectivity index (χ0) is 14.4. The Balaban J connectivity index is 1.75. The van der Waals surface area contributed by atoms with E-state index in [-0.39, 0.29) is 30.7 Å². The third-order valence-corrected chi connectivity index (χ3v) is 3.82. The van der Waals surface area contributed by atoms with E-state index in [2.05, 4.69) is 0 Å². The second-order valence-corrected chi connectivity index (χ2v) is 5.62. The van der Waals surface area contributed by atoms with Crippen molar-refractivity contribution in [3.63, 3.8) is 0 Å². The number of esters is 1. The minimum atomic E-state index is -0.265. The summed E-state index contributed by atoms with van der Waals surface area (Å²) in [7, 11) is 0. The average molecular weight is 295 g/mol. The van der Waals surface area contributed by atoms with Crippen molar-refractivity contribution in [2.24, 2.45) is 0 Å². The fraction of sp³-hybridized carbons (Fsp3) is 0.500. The lowest BCUT2D eigenvalue weighted by Crippen LogP contribution is -2.21. The first kappa shape index (κ1) is 15.0. The highest BCUT2D eigenvalue weighted by atomic mass is 35.5. The Labute approximate surface area is 124 Å². The number of benzene rings is 1. The monoisotopic (exact) mass is 294 g/mol. The molecule has 3 nitrogen and oxygen atoms in total. The van der Waals surface area contributed by atoms with Gasteiger partial charge in [0.1, 0.15) is 6.10 Å². The van der Waals surface area contributed by atoms with Crippen molar-refractivity contribution in [2.75, 3.05) is 0 Å². The summed E-state index contributed by atoms with van der Waals surface area (Å²) < 4.78 is 5.38. The van der Waals surface area contributed by atoms with Crippen LogP contribution in [0.3, 0.4) is 0 Å². The van der Waals surface area contributed by atoms with Crippen LogP contribution < -0.4 is 0 Å². The normalized spacial score (nSPS) is 15.8. The number of carbonyl (C=O) groups excluding carboxylic acids is 2. The zero-order valence-corrected chi connectivity index (χ0v) is 12.2. The van der Waals surface area contributed by atoms with Gasteiger partial charge in [0.05, 0.1) is 6.42 Å². The van der Waals surface area contributed by atoms with Crippen molar-refractivity contribution in [3.8, 4) is 0 Å². The second kappa shape index (κ2) is 7.44. The number of ether oxygens (including phenoxy) is 1. The fourth-order valence-corrected chi connectivity index (χ4v) is 2.55. The van der Waals surface area contributed by atoms with Gasteiger partial charge in [-0.2, -0.15) is 0 Å². The van der Waals surface area contributed by atoms with Gasteiger partial charge in [0, 0.05) is 17.0 Å². The molecule has 1 aliphatic carbocycles. The maximum atomic E-state index is 11.9. The number of hydrogen-bond acceptors (Lipinski definition) is 3. The molecule has 0 aromatic heterocycles. The quantitative estimate of drug-likeness (QED) is 0.604. The lowest BCUT2D eigenvalue weighted by atomic mass is 9.98. The largest absolute Gasteiger partial charge is 0.462 e. The van der Waals surface area contributed by atoms with Crippen LogP contribution in [0.4, 0.5) is 0 Å². The Morgan fingerprint density at radius 1 is 1.05 bits per heavy atom. The molecule has 4 heteroatoms. The van der Waals surface area contributed by atoms with Gasteiger partial charge in [-0.05, 0) is 49.9 Å². The summed E-state index contributed by atoms with van der Waals surface area (Å²) in [6, 6.07) is 6.71. The van der Waals surface area contributed by atoms with Gasteiger partial charge in [-0.25, -0.2) is 0 Å². The smallest absolute Gasteiger partial charge is 0.306 e. The molecule has 20 heavy (non-hydrogen) atoms. The van der Waals surface area contributed by atoms with Crippen molar-refractivity contribution >= 4 is 23.4 Å². The van der Waals surface area contributed by atoms with E-state index in [0.717, 1.165) is 25.7 Å². The molecular formula is C16H19ClO3. The predicted molar refractivity (Wildman–Crippen MR) is 78.0 cm³/mol. The number of hydrogen-bond donors (Lipinski definition) is 0. The maximum absolute atomic E-state index is 11.9. The molecule has 0 saturated heterocycles. The summed E-state index contributed by atoms with van der Waals surface area (Å²) in [6.07, 6.45) is 5.78. The molecular weight excluding hydrogens is 276 g/mol. The average Bonchev–Trinajstić information content (AvgIpc) is 2.46. The first-order chi connectivity index (χ1) is 9.65. The SMILES string of the molecule is O=C(CCC(=O)c1ccc(Cl)cc1)OC1CCCCC1. The number of ketones is 1. The molecule has 0 heterocycles. The molecule has 1 fully saturated rings. The van der Waals surface area contributed by atoms with Crippen LogP contribution in [0.1, 0.15) is 55.3 Å². The van der Waals surface area contributed by atoms with Crippen molar-refractivity contribution in [3.05, 3.63) is 34.9 Å². The number of rotatable bonds is 5. The van der Waals surface area contributed by atoms with E-state index in [1.807, 2.05) is 0 Å². The molecule has 0 bridgehead atoms. The molecule has 1 aromatic rings. The highest BCUT2D eigenvalue weighted by Crippen LogP contribution is 2.21. The lowest BCUT2D eigenvalue weighted by molar-refractivity contribution is -0.150. The van der Waals surface area contributed by atoms with Gasteiger partial charge in [-0.3, -0.25) is 9.59 Å². The summed E-state index contributed by atoms with van der Waals surface area (Å²) >= 11 is 5.77. The Morgan fingerprint density at radius 3 is 2.35 bits per heavy atom. The first-order valence-electron chi connectivity index (χ1n) is 7.13. The van der Waals surface area contributed by atoms with Gasteiger partial charge < -0.3 is 4.74 Å². The van der Waals surface area contributed by atoms with Crippen molar-refractivity contribution in [2.45, 2.75) is 51.0 Å². The van der Waals surface area contributed by atoms with E-state index in [9.17, 15) is 9.59 Å². The van der Waals surface area contributed by atoms with Gasteiger partial charge in [-0.1, -0.05) is 18.0 Å². The van der Waals surface area contributed by atoms with Crippen LogP contribution in [0.2, 0.25) is 5.02 Å². The summed E-state index contributed by atoms with van der Waals surface area (Å²) in [5.41, 5.74) is 0.583. The van der Waals surface area contributed by atoms with Crippen LogP contribution in [0.5, 0.6) is 0 Å². The Morgan fingerprint density at radius 2 is 1.70 bits per heavy atom. The topological polar surface area (TPSA) is 43.4 Å². The lowest BCUT2D eigenvalue weighted by Gasteiger charge is -2.21. The number of Topliss-reactive ketones (excluding diaryl/α,β-unsaturated/α-hetero) is 1. The van der Waals surface area contributed by atoms with Crippen LogP contribution in [0.25, 0.3) is 0 Å². The van der Waals surface area contributed by atoms with Gasteiger partial charge in [0.25, 0.3) is 0 Å². The van der Waals surface area contributed by atoms with Crippen LogP contribution in [0, 0.1) is 0 Å². The molecule has 1 aromatic carbocycles. The predicted octanol–water partition coefficient (Wildman–Crippen LogP) is 4.18. The Hall–Kier alpha value is -1.35. The summed E-state index contributed by atoms with van der Waals surface area (Å²) in [5, 5.41) is 0.596. The first-order valence-corrected chi connectivity index (χ1v) is 7.51. The highest BCUT2D eigenvalue weighted by molar-refractivity contribution is 6.30. The molecule has 0 N–H and O–H groups in total. The van der Waals surface area contributed by atoms with Gasteiger partial charge in [0.2, 0.25) is 0 Å². The molecule has 2 rings (SSSR count). The second-order valence-electron chi connectivity index (χ2n) is 5.18. The molecule has 0 unspecified atom stereocenters. The van der Waals surface area contributed by atoms with E-state index < -0.39 is 0 Å². The van der Waals surface area contributed by atoms with Crippen LogP contribution in [-0.2, 0) is 9.53 Å². The van der Waals surface area contributed by atoms with Gasteiger partial charge in [-0.15, -0.1) is 0 Å². The third-order valence-electron chi connectivity index (χ3n) is 3.57. The van der Waals surface area contributed by atoms with E-state index in [0.29, 0.717) is 10.6 Å². The standard InChI is InChI=1S/C16H19ClO3/c17-13-8-6-12(7-9-13)15(18)10-11-16(19)20-14-4-2-1-3-5-14/h6-9,14H,1-5,10-11H2. The van der Waals surface area contributed by atoms with E-state index in [1.165, 1.54) is 6.42 Å². The summed E-state index contributed by atoms with van der Waals surface area (Å²) in [6.45, 7) is 0.